The maximum atomic E-state index is 13.3. The highest BCUT2D eigenvalue weighted by Gasteiger charge is 2.34. The van der Waals surface area contributed by atoms with E-state index in [0.29, 0.717) is 0 Å². The van der Waals surface area contributed by atoms with Gasteiger partial charge in [-0.05, 0) is 47.7 Å². The molecule has 150 valence electrons. The van der Waals surface area contributed by atoms with Crippen LogP contribution in [0.15, 0.2) is 54.7 Å². The van der Waals surface area contributed by atoms with Crippen molar-refractivity contribution in [1.82, 2.24) is 9.80 Å². The molecule has 29 heavy (non-hydrogen) atoms. The van der Waals surface area contributed by atoms with E-state index in [1.54, 1.807) is 25.1 Å². The predicted octanol–water partition coefficient (Wildman–Crippen LogP) is 4.32. The monoisotopic (exact) mass is 390 g/mol. The number of likely N-dealkylation sites (tertiary alicyclic amines) is 1. The summed E-state index contributed by atoms with van der Waals surface area (Å²) in [6, 6.07) is 15.7. The van der Waals surface area contributed by atoms with Crippen LogP contribution < -0.4 is 4.74 Å². The van der Waals surface area contributed by atoms with Gasteiger partial charge < -0.3 is 14.5 Å². The molecule has 5 heteroatoms. The Hall–Kier alpha value is -3.08. The first-order valence-electron chi connectivity index (χ1n) is 10.1. The normalized spacial score (nSPS) is 20.5. The lowest BCUT2D eigenvalue weighted by molar-refractivity contribution is -0.135. The van der Waals surface area contributed by atoms with Crippen LogP contribution in [0.5, 0.6) is 5.75 Å². The lowest BCUT2D eigenvalue weighted by atomic mass is 9.93. The van der Waals surface area contributed by atoms with E-state index >= 15 is 0 Å². The van der Waals surface area contributed by atoms with Gasteiger partial charge in [0.2, 0.25) is 11.8 Å². The Morgan fingerprint density at radius 3 is 2.59 bits per heavy atom. The maximum Gasteiger partial charge on any atom is 0.225 e. The Morgan fingerprint density at radius 1 is 1.10 bits per heavy atom. The van der Waals surface area contributed by atoms with Gasteiger partial charge in [0.25, 0.3) is 0 Å². The van der Waals surface area contributed by atoms with E-state index < -0.39 is 0 Å². The number of benzene rings is 2. The van der Waals surface area contributed by atoms with E-state index in [-0.39, 0.29) is 30.3 Å². The molecule has 0 saturated carbocycles. The summed E-state index contributed by atoms with van der Waals surface area (Å²) in [7, 11) is 1.65. The minimum atomic E-state index is -0.265. The zero-order chi connectivity index (χ0) is 20.4. The highest BCUT2D eigenvalue weighted by molar-refractivity contribution is 5.82. The first-order chi connectivity index (χ1) is 14.1. The summed E-state index contributed by atoms with van der Waals surface area (Å²) in [6.45, 7) is 2.30. The summed E-state index contributed by atoms with van der Waals surface area (Å²) in [4.78, 5) is 29.2. The van der Waals surface area contributed by atoms with E-state index in [2.05, 4.69) is 0 Å². The molecule has 2 amide bonds. The molecule has 0 N–H and O–H groups in total. The number of amides is 2. The molecule has 5 nitrogen and oxygen atoms in total. The largest absolute Gasteiger partial charge is 0.497 e. The molecule has 2 atom stereocenters. The van der Waals surface area contributed by atoms with Gasteiger partial charge >= 0.3 is 0 Å². The van der Waals surface area contributed by atoms with Crippen molar-refractivity contribution >= 4 is 17.9 Å². The Labute approximate surface area is 171 Å². The number of hydrogen-bond acceptors (Lipinski definition) is 3. The fourth-order valence-corrected chi connectivity index (χ4v) is 4.43. The molecular formula is C24H26N2O3. The topological polar surface area (TPSA) is 49.9 Å². The van der Waals surface area contributed by atoms with E-state index in [1.165, 1.54) is 0 Å². The Morgan fingerprint density at radius 2 is 1.86 bits per heavy atom. The summed E-state index contributed by atoms with van der Waals surface area (Å²) < 4.78 is 5.25. The number of nitrogens with zero attached hydrogens (tertiary/aromatic N) is 2. The maximum absolute atomic E-state index is 13.3. The van der Waals surface area contributed by atoms with Gasteiger partial charge in [-0.25, -0.2) is 0 Å². The first-order valence-corrected chi connectivity index (χ1v) is 10.1. The second kappa shape index (κ2) is 8.11. The van der Waals surface area contributed by atoms with Crippen molar-refractivity contribution in [3.8, 4) is 5.75 Å². The van der Waals surface area contributed by atoms with Crippen LogP contribution in [0.4, 0.5) is 0 Å². The molecule has 0 aliphatic carbocycles. The Balaban J connectivity index is 1.56. The van der Waals surface area contributed by atoms with Crippen LogP contribution in [0, 0.1) is 0 Å². The molecule has 0 bridgehead atoms. The molecule has 4 rings (SSSR count). The SMILES string of the molecule is COc1ccc(C2CCCN2C(=O)CC2c3ccccc3C=CN2C(C)=O)cc1. The first kappa shape index (κ1) is 19.2. The van der Waals surface area contributed by atoms with Crippen LogP contribution in [0.25, 0.3) is 6.08 Å². The second-order valence-corrected chi connectivity index (χ2v) is 7.61. The molecule has 0 spiro atoms. The van der Waals surface area contributed by atoms with Gasteiger partial charge in [0.15, 0.2) is 0 Å². The molecule has 1 saturated heterocycles. The summed E-state index contributed by atoms with van der Waals surface area (Å²) in [6.07, 6.45) is 5.96. The highest BCUT2D eigenvalue weighted by Crippen LogP contribution is 2.37. The zero-order valence-electron chi connectivity index (χ0n) is 16.9. The van der Waals surface area contributed by atoms with Crippen LogP contribution in [0.3, 0.4) is 0 Å². The van der Waals surface area contributed by atoms with Gasteiger partial charge in [0.05, 0.1) is 25.6 Å². The summed E-state index contributed by atoms with van der Waals surface area (Å²) in [5.74, 6) is 0.846. The molecule has 0 radical (unpaired) electrons. The van der Waals surface area contributed by atoms with Crippen molar-refractivity contribution in [1.29, 1.82) is 0 Å². The van der Waals surface area contributed by atoms with Gasteiger partial charge in [-0.2, -0.15) is 0 Å². The molecule has 1 fully saturated rings. The van der Waals surface area contributed by atoms with Crippen LogP contribution in [0.2, 0.25) is 0 Å². The predicted molar refractivity (Wildman–Crippen MR) is 112 cm³/mol. The third-order valence-corrected chi connectivity index (χ3v) is 5.91. The standard InChI is InChI=1S/C24H26N2O3/c1-17(27)25-15-13-18-6-3-4-7-21(18)23(25)16-24(28)26-14-5-8-22(26)19-9-11-20(29-2)12-10-19/h3-4,6-7,9-13,15,22-23H,5,8,14,16H2,1-2H3. The van der Waals surface area contributed by atoms with Gasteiger partial charge in [-0.3, -0.25) is 9.59 Å². The van der Waals surface area contributed by atoms with E-state index in [9.17, 15) is 9.59 Å². The van der Waals surface area contributed by atoms with Crippen molar-refractivity contribution in [2.45, 2.75) is 38.3 Å². The van der Waals surface area contributed by atoms with E-state index in [0.717, 1.165) is 41.8 Å². The van der Waals surface area contributed by atoms with Crippen LogP contribution in [-0.2, 0) is 9.59 Å². The summed E-state index contributed by atoms with van der Waals surface area (Å²) >= 11 is 0. The van der Waals surface area contributed by atoms with E-state index in [4.69, 9.17) is 4.74 Å². The number of rotatable bonds is 4. The van der Waals surface area contributed by atoms with E-state index in [1.807, 2.05) is 59.5 Å². The minimum absolute atomic E-state index is 0.0540. The van der Waals surface area contributed by atoms with Crippen molar-refractivity contribution in [2.24, 2.45) is 0 Å². The van der Waals surface area contributed by atoms with Crippen molar-refractivity contribution < 1.29 is 14.3 Å². The molecule has 2 aliphatic rings. The molecule has 2 unspecified atom stereocenters. The quantitative estimate of drug-likeness (QED) is 0.781. The highest BCUT2D eigenvalue weighted by atomic mass is 16.5. The molecule has 2 heterocycles. The second-order valence-electron chi connectivity index (χ2n) is 7.61. The number of methoxy groups -OCH3 is 1. The van der Waals surface area contributed by atoms with Crippen molar-refractivity contribution in [3.63, 3.8) is 0 Å². The molecule has 0 aromatic heterocycles. The summed E-state index contributed by atoms with van der Waals surface area (Å²) in [5.41, 5.74) is 3.22. The lowest BCUT2D eigenvalue weighted by Crippen LogP contribution is -2.37. The van der Waals surface area contributed by atoms with Gasteiger partial charge in [-0.15, -0.1) is 0 Å². The molecule has 2 aromatic carbocycles. The smallest absolute Gasteiger partial charge is 0.225 e. The number of carbonyl (C=O) groups excluding carboxylic acids is 2. The lowest BCUT2D eigenvalue weighted by Gasteiger charge is -2.34. The van der Waals surface area contributed by atoms with Gasteiger partial charge in [-0.1, -0.05) is 36.4 Å². The van der Waals surface area contributed by atoms with Crippen LogP contribution in [0.1, 0.15) is 55.0 Å². The molecule has 2 aliphatic heterocycles. The van der Waals surface area contributed by atoms with Crippen LogP contribution >= 0.6 is 0 Å². The number of ether oxygens (including phenoxy) is 1. The van der Waals surface area contributed by atoms with Crippen molar-refractivity contribution in [2.75, 3.05) is 13.7 Å². The third kappa shape index (κ3) is 3.77. The Kier molecular flexibility index (Phi) is 5.38. The van der Waals surface area contributed by atoms with Gasteiger partial charge in [0.1, 0.15) is 5.75 Å². The zero-order valence-corrected chi connectivity index (χ0v) is 16.9. The fraction of sp³-hybridized carbons (Fsp3) is 0.333. The molecular weight excluding hydrogens is 364 g/mol. The average Bonchev–Trinajstić information content (AvgIpc) is 3.24. The fourth-order valence-electron chi connectivity index (χ4n) is 4.43. The van der Waals surface area contributed by atoms with Gasteiger partial charge in [0, 0.05) is 19.7 Å². The number of hydrogen-bond donors (Lipinski definition) is 0. The average molecular weight is 390 g/mol. The summed E-state index contributed by atoms with van der Waals surface area (Å²) in [5, 5.41) is 0. The van der Waals surface area contributed by atoms with Crippen LogP contribution in [-0.4, -0.2) is 35.3 Å². The number of fused-ring (bicyclic) bond motifs is 1. The Bertz CT molecular complexity index is 935. The third-order valence-electron chi connectivity index (χ3n) is 5.91. The van der Waals surface area contributed by atoms with Crippen molar-refractivity contribution in [3.05, 3.63) is 71.4 Å². The number of carbonyl (C=O) groups is 2. The molecule has 2 aromatic rings. The minimum Gasteiger partial charge on any atom is -0.497 e.